The fourth-order valence-corrected chi connectivity index (χ4v) is 1.57. The van der Waals surface area contributed by atoms with Gasteiger partial charge in [0.05, 0.1) is 0 Å². The summed E-state index contributed by atoms with van der Waals surface area (Å²) in [5, 5.41) is 0. The summed E-state index contributed by atoms with van der Waals surface area (Å²) in [6.07, 6.45) is 0. The number of esters is 1. The van der Waals surface area contributed by atoms with E-state index < -0.39 is 9.39 Å². The van der Waals surface area contributed by atoms with Gasteiger partial charge in [-0.3, -0.25) is 0 Å². The predicted octanol–water partition coefficient (Wildman–Crippen LogP) is 3.63. The van der Waals surface area contributed by atoms with E-state index in [0.717, 1.165) is 0 Å². The lowest BCUT2D eigenvalue weighted by atomic mass is 10.3. The molecule has 1 rings (SSSR count). The molecule has 0 amide bonds. The van der Waals surface area contributed by atoms with Crippen molar-refractivity contribution in [2.45, 2.75) is 10.3 Å². The van der Waals surface area contributed by atoms with Gasteiger partial charge in [0, 0.05) is 5.57 Å². The maximum atomic E-state index is 11.2. The van der Waals surface area contributed by atoms with Crippen molar-refractivity contribution >= 4 is 37.8 Å². The van der Waals surface area contributed by atoms with Gasteiger partial charge < -0.3 is 9.47 Å². The molecule has 0 N–H and O–H groups in total. The molecule has 0 bridgehead atoms. The highest BCUT2D eigenvalue weighted by Crippen LogP contribution is 2.30. The lowest BCUT2D eigenvalue weighted by Gasteiger charge is -2.22. The third-order valence-electron chi connectivity index (χ3n) is 1.73. The zero-order valence-corrected chi connectivity index (χ0v) is 12.5. The van der Waals surface area contributed by atoms with Crippen molar-refractivity contribution in [2.24, 2.45) is 0 Å². The molecule has 0 aliphatic heterocycles. The molecule has 0 radical (unpaired) electrons. The van der Waals surface area contributed by atoms with E-state index in [1.165, 1.54) is 0 Å². The molecular formula is C12H12Br2O3. The van der Waals surface area contributed by atoms with Gasteiger partial charge in [0.2, 0.25) is 0 Å². The fourth-order valence-electron chi connectivity index (χ4n) is 0.963. The van der Waals surface area contributed by atoms with Crippen LogP contribution in [0.4, 0.5) is 0 Å². The second kappa shape index (κ2) is 6.21. The SMILES string of the molecule is C=C(C)C(=O)OCC(Br)(Br)Oc1ccccc1. The first-order chi connectivity index (χ1) is 7.91. The van der Waals surface area contributed by atoms with Crippen LogP contribution < -0.4 is 4.74 Å². The maximum Gasteiger partial charge on any atom is 0.333 e. The highest BCUT2D eigenvalue weighted by Gasteiger charge is 2.27. The molecule has 0 aliphatic rings. The van der Waals surface area contributed by atoms with Gasteiger partial charge in [0.15, 0.2) is 6.61 Å². The van der Waals surface area contributed by atoms with Gasteiger partial charge in [-0.25, -0.2) is 4.79 Å². The monoisotopic (exact) mass is 362 g/mol. The normalized spacial score (nSPS) is 10.8. The van der Waals surface area contributed by atoms with Crippen LogP contribution >= 0.6 is 31.9 Å². The summed E-state index contributed by atoms with van der Waals surface area (Å²) in [4.78, 5) is 11.2. The van der Waals surface area contributed by atoms with E-state index in [1.54, 1.807) is 19.1 Å². The number of hydrogen-bond donors (Lipinski definition) is 0. The van der Waals surface area contributed by atoms with Crippen molar-refractivity contribution in [3.63, 3.8) is 0 Å². The van der Waals surface area contributed by atoms with Crippen LogP contribution in [0.3, 0.4) is 0 Å². The Morgan fingerprint density at radius 3 is 2.47 bits per heavy atom. The van der Waals surface area contributed by atoms with Crippen LogP contribution in [-0.4, -0.2) is 16.0 Å². The molecule has 1 aromatic carbocycles. The topological polar surface area (TPSA) is 35.5 Å². The molecule has 0 unspecified atom stereocenters. The molecule has 17 heavy (non-hydrogen) atoms. The van der Waals surface area contributed by atoms with Crippen LogP contribution in [0, 0.1) is 0 Å². The minimum atomic E-state index is -0.938. The molecule has 92 valence electrons. The molecule has 1 aromatic rings. The molecule has 0 aliphatic carbocycles. The number of alkyl halides is 2. The summed E-state index contributed by atoms with van der Waals surface area (Å²) in [7, 11) is 0. The highest BCUT2D eigenvalue weighted by molar-refractivity contribution is 9.25. The van der Waals surface area contributed by atoms with E-state index in [2.05, 4.69) is 38.4 Å². The van der Waals surface area contributed by atoms with E-state index in [0.29, 0.717) is 11.3 Å². The molecule has 0 saturated carbocycles. The summed E-state index contributed by atoms with van der Waals surface area (Å²) in [6, 6.07) is 9.20. The Bertz CT molecular complexity index is 401. The number of ether oxygens (including phenoxy) is 2. The van der Waals surface area contributed by atoms with E-state index in [9.17, 15) is 4.79 Å². The first-order valence-electron chi connectivity index (χ1n) is 4.85. The summed E-state index contributed by atoms with van der Waals surface area (Å²) in [5.41, 5.74) is 0.348. The predicted molar refractivity (Wildman–Crippen MR) is 73.4 cm³/mol. The summed E-state index contributed by atoms with van der Waals surface area (Å²) in [6.45, 7) is 5.10. The summed E-state index contributed by atoms with van der Waals surface area (Å²) in [5.74, 6) is 0.206. The van der Waals surface area contributed by atoms with E-state index in [-0.39, 0.29) is 6.61 Å². The lowest BCUT2D eigenvalue weighted by molar-refractivity contribution is -0.140. The quantitative estimate of drug-likeness (QED) is 0.455. The minimum Gasteiger partial charge on any atom is -0.462 e. The Labute approximate surface area is 117 Å². The number of halogens is 2. The molecule has 0 atom stereocenters. The van der Waals surface area contributed by atoms with Gasteiger partial charge in [-0.05, 0) is 50.9 Å². The molecule has 0 spiro atoms. The number of benzene rings is 1. The van der Waals surface area contributed by atoms with Crippen LogP contribution in [0.15, 0.2) is 42.5 Å². The Balaban J connectivity index is 2.52. The molecule has 0 aromatic heterocycles. The Kier molecular flexibility index (Phi) is 5.21. The van der Waals surface area contributed by atoms with Gasteiger partial charge in [0.25, 0.3) is 3.42 Å². The van der Waals surface area contributed by atoms with Crippen LogP contribution in [0.25, 0.3) is 0 Å². The fraction of sp³-hybridized carbons (Fsp3) is 0.250. The third kappa shape index (κ3) is 5.37. The maximum absolute atomic E-state index is 11.2. The average molecular weight is 364 g/mol. The number of hydrogen-bond acceptors (Lipinski definition) is 3. The number of carbonyl (C=O) groups excluding carboxylic acids is 1. The third-order valence-corrected chi connectivity index (χ3v) is 2.51. The zero-order chi connectivity index (χ0) is 12.9. The number of carbonyl (C=O) groups is 1. The highest BCUT2D eigenvalue weighted by atomic mass is 79.9. The van der Waals surface area contributed by atoms with Gasteiger partial charge in [0.1, 0.15) is 5.75 Å². The summed E-state index contributed by atoms with van der Waals surface area (Å²) < 4.78 is 9.60. The number of para-hydroxylation sites is 1. The Morgan fingerprint density at radius 2 is 1.94 bits per heavy atom. The number of rotatable bonds is 5. The van der Waals surface area contributed by atoms with Gasteiger partial charge >= 0.3 is 5.97 Å². The smallest absolute Gasteiger partial charge is 0.333 e. The van der Waals surface area contributed by atoms with Crippen molar-refractivity contribution in [1.29, 1.82) is 0 Å². The van der Waals surface area contributed by atoms with Crippen LogP contribution in [0.2, 0.25) is 0 Å². The van der Waals surface area contributed by atoms with Crippen molar-refractivity contribution in [1.82, 2.24) is 0 Å². The minimum absolute atomic E-state index is 0.0214. The van der Waals surface area contributed by atoms with E-state index in [1.807, 2.05) is 18.2 Å². The van der Waals surface area contributed by atoms with Crippen molar-refractivity contribution in [3.8, 4) is 5.75 Å². The van der Waals surface area contributed by atoms with E-state index >= 15 is 0 Å². The van der Waals surface area contributed by atoms with Crippen molar-refractivity contribution in [3.05, 3.63) is 42.5 Å². The van der Waals surface area contributed by atoms with Crippen molar-refractivity contribution < 1.29 is 14.3 Å². The average Bonchev–Trinajstić information content (AvgIpc) is 2.26. The Morgan fingerprint density at radius 1 is 1.35 bits per heavy atom. The molecule has 0 fully saturated rings. The van der Waals surface area contributed by atoms with Crippen LogP contribution in [0.1, 0.15) is 6.92 Å². The van der Waals surface area contributed by atoms with Crippen LogP contribution in [-0.2, 0) is 9.53 Å². The Hall–Kier alpha value is -0.810. The van der Waals surface area contributed by atoms with Gasteiger partial charge in [-0.2, -0.15) is 0 Å². The second-order valence-electron chi connectivity index (χ2n) is 3.41. The molecule has 3 nitrogen and oxygen atoms in total. The second-order valence-corrected chi connectivity index (χ2v) is 7.04. The molecular weight excluding hydrogens is 352 g/mol. The van der Waals surface area contributed by atoms with E-state index in [4.69, 9.17) is 9.47 Å². The van der Waals surface area contributed by atoms with Gasteiger partial charge in [-0.1, -0.05) is 24.8 Å². The van der Waals surface area contributed by atoms with Gasteiger partial charge in [-0.15, -0.1) is 0 Å². The lowest BCUT2D eigenvalue weighted by Crippen LogP contribution is -2.28. The zero-order valence-electron chi connectivity index (χ0n) is 9.28. The standard InChI is InChI=1S/C12H12Br2O3/c1-9(2)11(15)16-8-12(13,14)17-10-6-4-3-5-7-10/h3-7H,1,8H2,2H3. The first-order valence-corrected chi connectivity index (χ1v) is 6.44. The molecule has 5 heteroatoms. The van der Waals surface area contributed by atoms with Crippen LogP contribution in [0.5, 0.6) is 5.75 Å². The summed E-state index contributed by atoms with van der Waals surface area (Å²) >= 11 is 6.57. The van der Waals surface area contributed by atoms with Crippen molar-refractivity contribution in [2.75, 3.05) is 6.61 Å². The molecule has 0 saturated heterocycles. The first kappa shape index (κ1) is 14.3. The largest absolute Gasteiger partial charge is 0.462 e. The molecule has 0 heterocycles.